The molecule has 9 heteroatoms. The Morgan fingerprint density at radius 3 is 2.12 bits per heavy atom. The van der Waals surface area contributed by atoms with Crippen molar-refractivity contribution in [1.29, 1.82) is 0 Å². The summed E-state index contributed by atoms with van der Waals surface area (Å²) >= 11 is 0. The van der Waals surface area contributed by atoms with E-state index in [0.717, 1.165) is 39.0 Å². The van der Waals surface area contributed by atoms with Crippen molar-refractivity contribution < 1.29 is 14.7 Å². The van der Waals surface area contributed by atoms with Crippen molar-refractivity contribution in [1.82, 2.24) is 20.0 Å². The summed E-state index contributed by atoms with van der Waals surface area (Å²) in [5, 5.41) is 12.6. The third-order valence-corrected chi connectivity index (χ3v) is 5.35. The maximum absolute atomic E-state index is 12.5. The van der Waals surface area contributed by atoms with E-state index in [9.17, 15) is 14.7 Å². The molecule has 7 nitrogen and oxygen atoms in total. The summed E-state index contributed by atoms with van der Waals surface area (Å²) in [6.45, 7) is 7.04. The van der Waals surface area contributed by atoms with Crippen LogP contribution in [0.2, 0.25) is 0 Å². The molecule has 2 amide bonds. The van der Waals surface area contributed by atoms with E-state index in [1.165, 1.54) is 0 Å². The Labute approximate surface area is 161 Å². The van der Waals surface area contributed by atoms with E-state index in [2.05, 4.69) is 10.2 Å². The minimum absolute atomic E-state index is 0. The molecular formula is C16H30Cl2N4O3. The molecule has 0 bridgehead atoms. The maximum Gasteiger partial charge on any atom is 0.239 e. The summed E-state index contributed by atoms with van der Waals surface area (Å²) in [5.74, 6) is 0.308. The molecule has 3 atom stereocenters. The van der Waals surface area contributed by atoms with Crippen LogP contribution in [0.25, 0.3) is 0 Å². The van der Waals surface area contributed by atoms with Gasteiger partial charge in [-0.1, -0.05) is 0 Å². The summed E-state index contributed by atoms with van der Waals surface area (Å²) in [7, 11) is 0. The topological polar surface area (TPSA) is 76.1 Å². The van der Waals surface area contributed by atoms with Gasteiger partial charge in [0.05, 0.1) is 18.2 Å². The lowest BCUT2D eigenvalue weighted by Gasteiger charge is -2.39. The van der Waals surface area contributed by atoms with Gasteiger partial charge in [-0.3, -0.25) is 14.5 Å². The van der Waals surface area contributed by atoms with Crippen LogP contribution < -0.4 is 5.32 Å². The van der Waals surface area contributed by atoms with Gasteiger partial charge in [0.25, 0.3) is 0 Å². The fourth-order valence-corrected chi connectivity index (χ4v) is 3.81. The van der Waals surface area contributed by atoms with Crippen LogP contribution in [0.5, 0.6) is 0 Å². The second-order valence-electron chi connectivity index (χ2n) is 6.92. The van der Waals surface area contributed by atoms with Crippen LogP contribution in [-0.4, -0.2) is 95.6 Å². The molecule has 3 unspecified atom stereocenters. The first kappa shape index (κ1) is 22.4. The fourth-order valence-electron chi connectivity index (χ4n) is 3.81. The van der Waals surface area contributed by atoms with Crippen molar-refractivity contribution in [2.24, 2.45) is 0 Å². The predicted octanol–water partition coefficient (Wildman–Crippen LogP) is -0.292. The summed E-state index contributed by atoms with van der Waals surface area (Å²) in [5.41, 5.74) is 0. The third-order valence-electron chi connectivity index (χ3n) is 5.35. The van der Waals surface area contributed by atoms with E-state index in [1.54, 1.807) is 0 Å². The molecule has 0 saturated carbocycles. The number of hydrogen-bond acceptors (Lipinski definition) is 5. The number of piperazine rings is 1. The standard InChI is InChI=1S/C16H28N4O3.2ClH/c1-12(15(22)19-4-2-3-5-19)18-6-8-20(9-7-18)16(23)14-10-13(21)11-17-14;;/h12-14,17,21H,2-11H2,1H3;2*1H. The number of aliphatic hydroxyl groups excluding tert-OH is 1. The first-order chi connectivity index (χ1) is 11.1. The van der Waals surface area contributed by atoms with E-state index in [4.69, 9.17) is 0 Å². The van der Waals surface area contributed by atoms with Crippen molar-refractivity contribution in [3.8, 4) is 0 Å². The average Bonchev–Trinajstić information content (AvgIpc) is 3.24. The molecule has 3 saturated heterocycles. The number of amides is 2. The minimum Gasteiger partial charge on any atom is -0.392 e. The number of hydrogen-bond donors (Lipinski definition) is 2. The zero-order valence-electron chi connectivity index (χ0n) is 14.7. The summed E-state index contributed by atoms with van der Waals surface area (Å²) in [6.07, 6.45) is 2.31. The number of halogens is 2. The highest BCUT2D eigenvalue weighted by Crippen LogP contribution is 2.15. The Hall–Kier alpha value is -0.600. The minimum atomic E-state index is -0.414. The lowest BCUT2D eigenvalue weighted by atomic mass is 10.1. The van der Waals surface area contributed by atoms with Crippen molar-refractivity contribution >= 4 is 36.6 Å². The summed E-state index contributed by atoms with van der Waals surface area (Å²) in [6, 6.07) is -0.350. The van der Waals surface area contributed by atoms with Gasteiger partial charge in [0.1, 0.15) is 0 Å². The van der Waals surface area contributed by atoms with Gasteiger partial charge in [-0.2, -0.15) is 0 Å². The molecule has 3 fully saturated rings. The Morgan fingerprint density at radius 1 is 1.00 bits per heavy atom. The molecule has 0 aliphatic carbocycles. The monoisotopic (exact) mass is 396 g/mol. The SMILES string of the molecule is CC(C(=O)N1CCCC1)N1CCN(C(=O)C2CC(O)CN2)CC1.Cl.Cl. The van der Waals surface area contributed by atoms with Crippen molar-refractivity contribution in [3.05, 3.63) is 0 Å². The molecule has 0 aromatic rings. The molecule has 3 rings (SSSR count). The predicted molar refractivity (Wildman–Crippen MR) is 100 cm³/mol. The number of nitrogens with one attached hydrogen (secondary N) is 1. The lowest BCUT2D eigenvalue weighted by molar-refractivity contribution is -0.138. The highest BCUT2D eigenvalue weighted by atomic mass is 35.5. The zero-order valence-corrected chi connectivity index (χ0v) is 16.4. The molecule has 0 radical (unpaired) electrons. The Morgan fingerprint density at radius 2 is 1.60 bits per heavy atom. The number of carbonyl (C=O) groups is 2. The fraction of sp³-hybridized carbons (Fsp3) is 0.875. The Balaban J connectivity index is 0.00000156. The maximum atomic E-state index is 12.5. The molecule has 3 aliphatic rings. The number of carbonyl (C=O) groups excluding carboxylic acids is 2. The second-order valence-corrected chi connectivity index (χ2v) is 6.92. The van der Waals surface area contributed by atoms with Crippen molar-refractivity contribution in [3.63, 3.8) is 0 Å². The number of rotatable bonds is 3. The lowest BCUT2D eigenvalue weighted by Crippen LogP contribution is -2.57. The number of nitrogens with zero attached hydrogens (tertiary/aromatic N) is 3. The van der Waals surface area contributed by atoms with Crippen LogP contribution in [0.15, 0.2) is 0 Å². The second kappa shape index (κ2) is 9.92. The van der Waals surface area contributed by atoms with Crippen LogP contribution in [0.4, 0.5) is 0 Å². The molecule has 2 N–H and O–H groups in total. The third kappa shape index (κ3) is 5.20. The van der Waals surface area contributed by atoms with Crippen LogP contribution in [-0.2, 0) is 9.59 Å². The van der Waals surface area contributed by atoms with Gasteiger partial charge in [0, 0.05) is 45.8 Å². The molecule has 3 heterocycles. The van der Waals surface area contributed by atoms with Crippen LogP contribution in [0, 0.1) is 0 Å². The largest absolute Gasteiger partial charge is 0.392 e. The molecule has 3 aliphatic heterocycles. The van der Waals surface area contributed by atoms with E-state index in [1.807, 2.05) is 16.7 Å². The van der Waals surface area contributed by atoms with E-state index in [0.29, 0.717) is 26.1 Å². The number of β-amino-alcohol motifs (C(OH)–C–C–N with tert-alkyl or cyclic N) is 1. The molecular weight excluding hydrogens is 367 g/mol. The van der Waals surface area contributed by atoms with Gasteiger partial charge in [-0.15, -0.1) is 24.8 Å². The molecule has 25 heavy (non-hydrogen) atoms. The number of aliphatic hydroxyl groups is 1. The first-order valence-electron chi connectivity index (χ1n) is 8.79. The highest BCUT2D eigenvalue weighted by molar-refractivity contribution is 5.85. The smallest absolute Gasteiger partial charge is 0.239 e. The van der Waals surface area contributed by atoms with Gasteiger partial charge in [0.15, 0.2) is 0 Å². The van der Waals surface area contributed by atoms with Crippen LogP contribution in [0.1, 0.15) is 26.2 Å². The van der Waals surface area contributed by atoms with Gasteiger partial charge >= 0.3 is 0 Å². The Kier molecular flexibility index (Phi) is 8.91. The van der Waals surface area contributed by atoms with E-state index >= 15 is 0 Å². The van der Waals surface area contributed by atoms with Gasteiger partial charge < -0.3 is 20.2 Å². The first-order valence-corrected chi connectivity index (χ1v) is 8.79. The quantitative estimate of drug-likeness (QED) is 0.685. The molecule has 146 valence electrons. The summed E-state index contributed by atoms with van der Waals surface area (Å²) < 4.78 is 0. The zero-order chi connectivity index (χ0) is 16.4. The summed E-state index contributed by atoms with van der Waals surface area (Å²) in [4.78, 5) is 30.9. The highest BCUT2D eigenvalue weighted by Gasteiger charge is 2.35. The molecule has 0 aromatic heterocycles. The average molecular weight is 397 g/mol. The van der Waals surface area contributed by atoms with Crippen LogP contribution >= 0.6 is 24.8 Å². The van der Waals surface area contributed by atoms with Crippen molar-refractivity contribution in [2.75, 3.05) is 45.8 Å². The van der Waals surface area contributed by atoms with E-state index < -0.39 is 6.10 Å². The molecule has 0 spiro atoms. The van der Waals surface area contributed by atoms with E-state index in [-0.39, 0.29) is 48.7 Å². The van der Waals surface area contributed by atoms with Gasteiger partial charge in [-0.05, 0) is 26.2 Å². The molecule has 0 aromatic carbocycles. The van der Waals surface area contributed by atoms with Gasteiger partial charge in [-0.25, -0.2) is 0 Å². The Bertz CT molecular complexity index is 455. The van der Waals surface area contributed by atoms with Crippen LogP contribution in [0.3, 0.4) is 0 Å². The number of likely N-dealkylation sites (tertiary alicyclic amines) is 1. The normalized spacial score (nSPS) is 28.2. The van der Waals surface area contributed by atoms with Crippen molar-refractivity contribution in [2.45, 2.75) is 44.4 Å². The van der Waals surface area contributed by atoms with Gasteiger partial charge in [0.2, 0.25) is 11.8 Å².